The summed E-state index contributed by atoms with van der Waals surface area (Å²) in [5, 5.41) is 11.8. The number of hydrogen-bond acceptors (Lipinski definition) is 6. The van der Waals surface area contributed by atoms with Gasteiger partial charge in [0.25, 0.3) is 11.5 Å². The molecule has 0 bridgehead atoms. The quantitative estimate of drug-likeness (QED) is 0.214. The lowest BCUT2D eigenvalue weighted by Crippen LogP contribution is -2.48. The zero-order chi connectivity index (χ0) is 24.9. The highest BCUT2D eigenvalue weighted by atomic mass is 32.2. The zero-order valence-corrected chi connectivity index (χ0v) is 19.0. The molecule has 1 aromatic carbocycles. The maximum Gasteiger partial charge on any atom is 0.323 e. The Bertz CT molecular complexity index is 1250. The van der Waals surface area contributed by atoms with Crippen LogP contribution in [0, 0.1) is 5.92 Å². The van der Waals surface area contributed by atoms with Gasteiger partial charge in [0.05, 0.1) is 4.90 Å². The zero-order valence-electron chi connectivity index (χ0n) is 18.2. The average Bonchev–Trinajstić information content (AvgIpc) is 2.80. The fourth-order valence-corrected chi connectivity index (χ4v) is 4.82. The number of hydrogen-bond donors (Lipinski definition) is 5. The molecule has 13 heteroatoms. The molecule has 0 aliphatic carbocycles. The van der Waals surface area contributed by atoms with Crippen molar-refractivity contribution in [2.24, 2.45) is 22.4 Å². The average molecular weight is 491 g/mol. The number of pyridine rings is 1. The monoisotopic (exact) mass is 490 g/mol. The third-order valence-corrected chi connectivity index (χ3v) is 6.86. The Kier molecular flexibility index (Phi) is 7.68. The van der Waals surface area contributed by atoms with Gasteiger partial charge in [-0.25, -0.2) is 8.42 Å². The molecule has 2 heterocycles. The Morgan fingerprint density at radius 3 is 2.56 bits per heavy atom. The van der Waals surface area contributed by atoms with Gasteiger partial charge in [0, 0.05) is 37.0 Å². The number of guanidine groups is 1. The number of carboxylic acid groups (broad SMARTS) is 1. The maximum atomic E-state index is 12.6. The fraction of sp³-hybridized carbons (Fsp3) is 0.333. The first-order chi connectivity index (χ1) is 16.1. The van der Waals surface area contributed by atoms with E-state index in [1.165, 1.54) is 24.3 Å². The number of sulfonamides is 1. The lowest BCUT2D eigenvalue weighted by Gasteiger charge is -2.25. The highest BCUT2D eigenvalue weighted by molar-refractivity contribution is 7.89. The van der Waals surface area contributed by atoms with Gasteiger partial charge in [0.15, 0.2) is 5.96 Å². The lowest BCUT2D eigenvalue weighted by molar-refractivity contribution is -0.138. The van der Waals surface area contributed by atoms with Crippen molar-refractivity contribution in [2.45, 2.75) is 30.3 Å². The van der Waals surface area contributed by atoms with E-state index in [9.17, 15) is 27.9 Å². The second-order valence-electron chi connectivity index (χ2n) is 7.89. The molecule has 1 aromatic heterocycles. The number of amides is 1. The van der Waals surface area contributed by atoms with Crippen LogP contribution in [0.25, 0.3) is 0 Å². The van der Waals surface area contributed by atoms with E-state index in [1.54, 1.807) is 16.7 Å². The molecule has 7 N–H and O–H groups in total. The minimum Gasteiger partial charge on any atom is -0.480 e. The van der Waals surface area contributed by atoms with Crippen LogP contribution in [0.5, 0.6) is 0 Å². The summed E-state index contributed by atoms with van der Waals surface area (Å²) < 4.78 is 28.5. The van der Waals surface area contributed by atoms with Crippen molar-refractivity contribution < 1.29 is 23.1 Å². The molecule has 1 aliphatic rings. The summed E-state index contributed by atoms with van der Waals surface area (Å²) in [5.41, 5.74) is 11.1. The number of nitrogens with zero attached hydrogens (tertiary/aromatic N) is 2. The van der Waals surface area contributed by atoms with Crippen molar-refractivity contribution in [2.75, 3.05) is 13.1 Å². The van der Waals surface area contributed by atoms with Crippen molar-refractivity contribution in [1.82, 2.24) is 14.6 Å². The predicted octanol–water partition coefficient (Wildman–Crippen LogP) is -1.15. The Hall–Kier alpha value is -3.71. The first-order valence-corrected chi connectivity index (χ1v) is 11.9. The van der Waals surface area contributed by atoms with E-state index in [-0.39, 0.29) is 27.9 Å². The number of aryl methyl sites for hydroxylation is 1. The summed E-state index contributed by atoms with van der Waals surface area (Å²) in [7, 11) is -4.11. The summed E-state index contributed by atoms with van der Waals surface area (Å²) in [6.07, 6.45) is 1.26. The van der Waals surface area contributed by atoms with Crippen LogP contribution in [0.2, 0.25) is 0 Å². The molecule has 0 saturated carbocycles. The van der Waals surface area contributed by atoms with Gasteiger partial charge in [0.1, 0.15) is 6.04 Å². The van der Waals surface area contributed by atoms with Crippen molar-refractivity contribution in [3.8, 4) is 0 Å². The first-order valence-electron chi connectivity index (χ1n) is 10.4. The molecule has 2 atom stereocenters. The van der Waals surface area contributed by atoms with E-state index in [4.69, 9.17) is 11.5 Å². The van der Waals surface area contributed by atoms with E-state index >= 15 is 0 Å². The van der Waals surface area contributed by atoms with Crippen LogP contribution < -0.4 is 27.1 Å². The molecule has 3 rings (SSSR count). The number of nitrogens with one attached hydrogen (secondary N) is 2. The number of nitrogens with two attached hydrogens (primary N) is 2. The van der Waals surface area contributed by atoms with Gasteiger partial charge in [-0.15, -0.1) is 0 Å². The number of aliphatic imine (C=N–C) groups is 1. The molecule has 0 spiro atoms. The largest absolute Gasteiger partial charge is 0.480 e. The standard InChI is InChI=1S/C21H26N6O6S/c22-21(23)25-10-13-6-7-15-8-14(9-18(28)27(15)12-13)19(29)24-11-17(20(30)31)26-34(32,33)16-4-2-1-3-5-16/h1-5,8-9,13,17,26H,6-7,10-12H2,(H,24,29)(H,30,31)(H4,22,23,25)/t13?,17-/m0/s1. The van der Waals surface area contributed by atoms with E-state index in [0.717, 1.165) is 12.5 Å². The minimum atomic E-state index is -4.11. The lowest BCUT2D eigenvalue weighted by atomic mass is 9.96. The van der Waals surface area contributed by atoms with Gasteiger partial charge in [0.2, 0.25) is 10.0 Å². The Balaban J connectivity index is 1.68. The van der Waals surface area contributed by atoms with Gasteiger partial charge >= 0.3 is 5.97 Å². The smallest absolute Gasteiger partial charge is 0.323 e. The van der Waals surface area contributed by atoms with Crippen molar-refractivity contribution in [3.63, 3.8) is 0 Å². The number of fused-ring (bicyclic) bond motifs is 1. The Labute approximate surface area is 195 Å². The van der Waals surface area contributed by atoms with E-state index < -0.39 is 34.5 Å². The molecule has 182 valence electrons. The van der Waals surface area contributed by atoms with E-state index in [1.807, 2.05) is 0 Å². The molecule has 0 radical (unpaired) electrons. The molecule has 0 saturated heterocycles. The number of benzene rings is 1. The van der Waals surface area contributed by atoms with Gasteiger partial charge in [-0.3, -0.25) is 19.4 Å². The number of carbonyl (C=O) groups is 2. The van der Waals surface area contributed by atoms with Gasteiger partial charge in [-0.1, -0.05) is 18.2 Å². The summed E-state index contributed by atoms with van der Waals surface area (Å²) in [4.78, 5) is 40.6. The maximum absolute atomic E-state index is 12.6. The summed E-state index contributed by atoms with van der Waals surface area (Å²) >= 11 is 0. The van der Waals surface area contributed by atoms with Crippen LogP contribution in [-0.4, -0.2) is 55.1 Å². The van der Waals surface area contributed by atoms with Crippen molar-refractivity contribution in [1.29, 1.82) is 0 Å². The van der Waals surface area contributed by atoms with Crippen molar-refractivity contribution >= 4 is 27.9 Å². The predicted molar refractivity (Wildman–Crippen MR) is 124 cm³/mol. The number of carboxylic acids is 1. The van der Waals surface area contributed by atoms with Crippen LogP contribution in [0.3, 0.4) is 0 Å². The Morgan fingerprint density at radius 2 is 1.91 bits per heavy atom. The molecule has 12 nitrogen and oxygen atoms in total. The highest BCUT2D eigenvalue weighted by Crippen LogP contribution is 2.19. The molecule has 1 unspecified atom stereocenters. The Morgan fingerprint density at radius 1 is 1.21 bits per heavy atom. The molecule has 0 fully saturated rings. The first kappa shape index (κ1) is 24.9. The summed E-state index contributed by atoms with van der Waals surface area (Å²) in [5.74, 6) is -2.08. The second-order valence-corrected chi connectivity index (χ2v) is 9.60. The van der Waals surface area contributed by atoms with Crippen LogP contribution in [-0.2, 0) is 27.8 Å². The number of aromatic nitrogens is 1. The van der Waals surface area contributed by atoms with E-state index in [0.29, 0.717) is 25.2 Å². The summed E-state index contributed by atoms with van der Waals surface area (Å²) in [6, 6.07) is 8.39. The molecule has 1 aliphatic heterocycles. The normalized spacial score (nSPS) is 16.2. The molecular weight excluding hydrogens is 464 g/mol. The SMILES string of the molecule is NC(N)=NCC1CCc2cc(C(=O)NC[C@H](NS(=O)(=O)c3ccccc3)C(=O)O)cc(=O)n2C1. The molecular formula is C21H26N6O6S. The molecule has 2 aromatic rings. The van der Waals surface area contributed by atoms with Gasteiger partial charge < -0.3 is 26.5 Å². The third-order valence-electron chi connectivity index (χ3n) is 5.37. The highest BCUT2D eigenvalue weighted by Gasteiger charge is 2.26. The fourth-order valence-electron chi connectivity index (χ4n) is 3.61. The van der Waals surface area contributed by atoms with Crippen LogP contribution in [0.1, 0.15) is 22.5 Å². The topological polar surface area (TPSA) is 199 Å². The molecule has 34 heavy (non-hydrogen) atoms. The van der Waals surface area contributed by atoms with Gasteiger partial charge in [-0.05, 0) is 37.0 Å². The van der Waals surface area contributed by atoms with E-state index in [2.05, 4.69) is 15.0 Å². The van der Waals surface area contributed by atoms with Crippen LogP contribution >= 0.6 is 0 Å². The third kappa shape index (κ3) is 6.20. The second kappa shape index (κ2) is 10.5. The number of carbonyl (C=O) groups excluding carboxylic acids is 1. The number of rotatable bonds is 9. The summed E-state index contributed by atoms with van der Waals surface area (Å²) in [6.45, 7) is 0.292. The number of aliphatic carboxylic acids is 1. The molecule has 1 amide bonds. The van der Waals surface area contributed by atoms with Crippen LogP contribution in [0.4, 0.5) is 0 Å². The van der Waals surface area contributed by atoms with Crippen LogP contribution in [0.15, 0.2) is 57.1 Å². The minimum absolute atomic E-state index is 0.0177. The van der Waals surface area contributed by atoms with Gasteiger partial charge in [-0.2, -0.15) is 4.72 Å². The van der Waals surface area contributed by atoms with Crippen molar-refractivity contribution in [3.05, 3.63) is 64.1 Å².